The highest BCUT2D eigenvalue weighted by Crippen LogP contribution is 2.11. The number of hydrazine groups is 1. The molecule has 5 nitrogen and oxygen atoms in total. The zero-order valence-corrected chi connectivity index (χ0v) is 9.30. The van der Waals surface area contributed by atoms with Crippen LogP contribution in [0.3, 0.4) is 0 Å². The fourth-order valence-corrected chi connectivity index (χ4v) is 1.37. The normalized spacial score (nSPS) is 9.73. The predicted molar refractivity (Wildman–Crippen MR) is 62.8 cm³/mol. The molecule has 0 aromatic carbocycles. The van der Waals surface area contributed by atoms with Crippen molar-refractivity contribution in [2.75, 3.05) is 24.0 Å². The second-order valence-electron chi connectivity index (χ2n) is 2.81. The largest absolute Gasteiger partial charge is 0.351 e. The highest BCUT2D eigenvalue weighted by Gasteiger charge is 2.09. The van der Waals surface area contributed by atoms with Gasteiger partial charge in [0, 0.05) is 24.7 Å². The molecule has 15 heavy (non-hydrogen) atoms. The van der Waals surface area contributed by atoms with Crippen LogP contribution >= 0.6 is 11.8 Å². The van der Waals surface area contributed by atoms with E-state index in [0.717, 1.165) is 5.75 Å². The van der Waals surface area contributed by atoms with Gasteiger partial charge in [0.05, 0.1) is 11.3 Å². The summed E-state index contributed by atoms with van der Waals surface area (Å²) in [6.07, 6.45) is 5.06. The molecule has 0 unspecified atom stereocenters. The molecule has 4 N–H and O–H groups in total. The van der Waals surface area contributed by atoms with Crippen LogP contribution in [0.2, 0.25) is 0 Å². The van der Waals surface area contributed by atoms with Gasteiger partial charge in [-0.15, -0.1) is 0 Å². The van der Waals surface area contributed by atoms with Gasteiger partial charge >= 0.3 is 0 Å². The van der Waals surface area contributed by atoms with Gasteiger partial charge in [-0.05, 0) is 12.3 Å². The SMILES string of the molecule is CSCCNC(=O)c1cnccc1NN. The number of nitrogen functional groups attached to an aromatic ring is 1. The average molecular weight is 226 g/mol. The average Bonchev–Trinajstić information content (AvgIpc) is 2.29. The molecule has 1 amide bonds. The van der Waals surface area contributed by atoms with E-state index < -0.39 is 0 Å². The lowest BCUT2D eigenvalue weighted by Crippen LogP contribution is -2.27. The van der Waals surface area contributed by atoms with Crippen molar-refractivity contribution in [3.05, 3.63) is 24.0 Å². The summed E-state index contributed by atoms with van der Waals surface area (Å²) in [6, 6.07) is 1.66. The summed E-state index contributed by atoms with van der Waals surface area (Å²) in [5.74, 6) is 6.01. The Balaban J connectivity index is 2.64. The highest BCUT2D eigenvalue weighted by molar-refractivity contribution is 7.98. The van der Waals surface area contributed by atoms with Gasteiger partial charge in [-0.1, -0.05) is 0 Å². The number of nitrogens with zero attached hydrogens (tertiary/aromatic N) is 1. The fraction of sp³-hybridized carbons (Fsp3) is 0.333. The van der Waals surface area contributed by atoms with Crippen LogP contribution < -0.4 is 16.6 Å². The Bertz CT molecular complexity index is 332. The molecule has 0 aliphatic heterocycles. The molecule has 0 saturated heterocycles. The van der Waals surface area contributed by atoms with E-state index in [4.69, 9.17) is 5.84 Å². The van der Waals surface area contributed by atoms with Crippen LogP contribution in [-0.2, 0) is 0 Å². The summed E-state index contributed by atoms with van der Waals surface area (Å²) in [4.78, 5) is 15.5. The number of amides is 1. The minimum atomic E-state index is -0.162. The maximum absolute atomic E-state index is 11.6. The van der Waals surface area contributed by atoms with E-state index in [0.29, 0.717) is 17.8 Å². The van der Waals surface area contributed by atoms with Crippen molar-refractivity contribution in [2.45, 2.75) is 0 Å². The molecule has 0 bridgehead atoms. The summed E-state index contributed by atoms with van der Waals surface area (Å²) in [5, 5.41) is 2.78. The standard InChI is InChI=1S/C9H14N4OS/c1-15-5-4-12-9(14)7-6-11-3-2-8(7)13-10/h2-3,6H,4-5,10H2,1H3,(H,11,13)(H,12,14). The molecule has 1 aromatic rings. The quantitative estimate of drug-likeness (QED) is 0.386. The number of nitrogens with one attached hydrogen (secondary N) is 2. The molecule has 1 rings (SSSR count). The molecular formula is C9H14N4OS. The van der Waals surface area contributed by atoms with E-state index in [2.05, 4.69) is 15.7 Å². The number of nitrogens with two attached hydrogens (primary N) is 1. The smallest absolute Gasteiger partial charge is 0.255 e. The van der Waals surface area contributed by atoms with Gasteiger partial charge in [0.25, 0.3) is 5.91 Å². The van der Waals surface area contributed by atoms with E-state index in [1.807, 2.05) is 6.26 Å². The lowest BCUT2D eigenvalue weighted by atomic mass is 10.2. The number of carbonyl (C=O) groups is 1. The van der Waals surface area contributed by atoms with Crippen LogP contribution in [-0.4, -0.2) is 29.4 Å². The number of pyridine rings is 1. The van der Waals surface area contributed by atoms with Gasteiger partial charge in [-0.2, -0.15) is 11.8 Å². The van der Waals surface area contributed by atoms with Gasteiger partial charge in [0.1, 0.15) is 0 Å². The van der Waals surface area contributed by atoms with Crippen LogP contribution in [0, 0.1) is 0 Å². The number of anilines is 1. The van der Waals surface area contributed by atoms with Crippen molar-refractivity contribution in [1.82, 2.24) is 10.3 Å². The summed E-state index contributed by atoms with van der Waals surface area (Å²) >= 11 is 1.68. The number of hydrogen-bond acceptors (Lipinski definition) is 5. The van der Waals surface area contributed by atoms with Crippen molar-refractivity contribution < 1.29 is 4.79 Å². The Morgan fingerprint density at radius 2 is 2.47 bits per heavy atom. The van der Waals surface area contributed by atoms with E-state index in [9.17, 15) is 4.79 Å². The Hall–Kier alpha value is -1.27. The third-order valence-corrected chi connectivity index (χ3v) is 2.43. The van der Waals surface area contributed by atoms with Crippen molar-refractivity contribution in [2.24, 2.45) is 5.84 Å². The number of thioether (sulfide) groups is 1. The number of carbonyl (C=O) groups excluding carboxylic acids is 1. The van der Waals surface area contributed by atoms with E-state index in [-0.39, 0.29) is 5.91 Å². The lowest BCUT2D eigenvalue weighted by molar-refractivity contribution is 0.0956. The lowest BCUT2D eigenvalue weighted by Gasteiger charge is -2.08. The molecule has 82 valence electrons. The maximum Gasteiger partial charge on any atom is 0.255 e. The Morgan fingerprint density at radius 3 is 3.13 bits per heavy atom. The first kappa shape index (κ1) is 11.8. The molecule has 1 aromatic heterocycles. The predicted octanol–water partition coefficient (Wildman–Crippen LogP) is 0.460. The van der Waals surface area contributed by atoms with Gasteiger partial charge in [0.2, 0.25) is 0 Å². The fourth-order valence-electron chi connectivity index (χ4n) is 1.06. The molecule has 1 heterocycles. The van der Waals surface area contributed by atoms with Crippen molar-refractivity contribution in [3.8, 4) is 0 Å². The minimum Gasteiger partial charge on any atom is -0.351 e. The summed E-state index contributed by atoms with van der Waals surface area (Å²) < 4.78 is 0. The molecule has 0 atom stereocenters. The summed E-state index contributed by atoms with van der Waals surface area (Å²) in [6.45, 7) is 0.638. The van der Waals surface area contributed by atoms with Crippen molar-refractivity contribution >= 4 is 23.4 Å². The summed E-state index contributed by atoms with van der Waals surface area (Å²) in [7, 11) is 0. The molecule has 0 aliphatic rings. The maximum atomic E-state index is 11.6. The third-order valence-electron chi connectivity index (χ3n) is 1.81. The zero-order chi connectivity index (χ0) is 11.1. The van der Waals surface area contributed by atoms with Crippen molar-refractivity contribution in [3.63, 3.8) is 0 Å². The van der Waals surface area contributed by atoms with E-state index >= 15 is 0 Å². The van der Waals surface area contributed by atoms with Crippen LogP contribution in [0.4, 0.5) is 5.69 Å². The second kappa shape index (κ2) is 6.26. The van der Waals surface area contributed by atoms with Crippen LogP contribution in [0.1, 0.15) is 10.4 Å². The van der Waals surface area contributed by atoms with Crippen LogP contribution in [0.5, 0.6) is 0 Å². The Morgan fingerprint density at radius 1 is 1.67 bits per heavy atom. The number of rotatable bonds is 5. The van der Waals surface area contributed by atoms with Crippen molar-refractivity contribution in [1.29, 1.82) is 0 Å². The van der Waals surface area contributed by atoms with Crippen LogP contribution in [0.25, 0.3) is 0 Å². The number of hydrogen-bond donors (Lipinski definition) is 3. The molecule has 0 aliphatic carbocycles. The number of aromatic nitrogens is 1. The topological polar surface area (TPSA) is 80.0 Å². The highest BCUT2D eigenvalue weighted by atomic mass is 32.2. The molecule has 0 fully saturated rings. The first-order chi connectivity index (χ1) is 7.29. The monoisotopic (exact) mass is 226 g/mol. The third kappa shape index (κ3) is 3.41. The molecular weight excluding hydrogens is 212 g/mol. The minimum absolute atomic E-state index is 0.162. The second-order valence-corrected chi connectivity index (χ2v) is 3.80. The van der Waals surface area contributed by atoms with Gasteiger partial charge in [-0.25, -0.2) is 0 Å². The Kier molecular flexibility index (Phi) is 4.92. The molecule has 0 spiro atoms. The van der Waals surface area contributed by atoms with E-state index in [1.54, 1.807) is 24.0 Å². The first-order valence-electron chi connectivity index (χ1n) is 4.47. The zero-order valence-electron chi connectivity index (χ0n) is 8.49. The van der Waals surface area contributed by atoms with Gasteiger partial charge in [0.15, 0.2) is 0 Å². The molecule has 6 heteroatoms. The summed E-state index contributed by atoms with van der Waals surface area (Å²) in [5.41, 5.74) is 3.50. The van der Waals surface area contributed by atoms with Gasteiger partial charge < -0.3 is 10.7 Å². The Labute approximate surface area is 92.8 Å². The van der Waals surface area contributed by atoms with Gasteiger partial charge in [-0.3, -0.25) is 15.6 Å². The first-order valence-corrected chi connectivity index (χ1v) is 5.86. The van der Waals surface area contributed by atoms with E-state index in [1.165, 1.54) is 6.20 Å². The van der Waals surface area contributed by atoms with Crippen LogP contribution in [0.15, 0.2) is 18.5 Å². The molecule has 0 radical (unpaired) electrons. The molecule has 0 saturated carbocycles.